The highest BCUT2D eigenvalue weighted by Gasteiger charge is 2.24. The van der Waals surface area contributed by atoms with Crippen LogP contribution in [0.3, 0.4) is 0 Å². The molecule has 7 nitrogen and oxygen atoms in total. The lowest BCUT2D eigenvalue weighted by Crippen LogP contribution is -2.33. The number of H-pyrrole nitrogens is 1. The van der Waals surface area contributed by atoms with Crippen LogP contribution in [0.2, 0.25) is 0 Å². The number of likely N-dealkylation sites (N-methyl/N-ethyl adjacent to an activating group) is 1. The zero-order valence-corrected chi connectivity index (χ0v) is 14.3. The zero-order chi connectivity index (χ0) is 15.6. The number of carbonyl (C=O) groups is 2. The van der Waals surface area contributed by atoms with Crippen LogP contribution in [0.25, 0.3) is 0 Å². The van der Waals surface area contributed by atoms with E-state index in [4.69, 9.17) is 5.73 Å². The monoisotopic (exact) mass is 417 g/mol. The van der Waals surface area contributed by atoms with E-state index in [0.29, 0.717) is 29.0 Å². The summed E-state index contributed by atoms with van der Waals surface area (Å²) in [6.07, 6.45) is 2.14. The molecule has 0 fully saturated rings. The average molecular weight is 419 g/mol. The second kappa shape index (κ2) is 6.44. The largest absolute Gasteiger partial charge is 0.369 e. The number of hydrogen-bond acceptors (Lipinski definition) is 4. The number of guanidine groups is 1. The van der Waals surface area contributed by atoms with E-state index in [0.717, 1.165) is 4.47 Å². The minimum atomic E-state index is -0.240. The standard InChI is InChI=1S/C12H13Br2N5O2/c1-19-11(21)7(18-12(19)15)3-2-4-16-10(20)8-5-6(13)9(14)17-8/h3,5,17H,2,4H2,1H3,(H2,15,18)(H,16,20)/b7-3-. The van der Waals surface area contributed by atoms with Crippen molar-refractivity contribution >= 4 is 49.6 Å². The summed E-state index contributed by atoms with van der Waals surface area (Å²) in [6.45, 7) is 0.392. The minimum Gasteiger partial charge on any atom is -0.369 e. The van der Waals surface area contributed by atoms with Gasteiger partial charge in [0.2, 0.25) is 5.96 Å². The lowest BCUT2D eigenvalue weighted by Gasteiger charge is -2.05. The summed E-state index contributed by atoms with van der Waals surface area (Å²) in [5.41, 5.74) is 6.28. The maximum Gasteiger partial charge on any atom is 0.278 e. The molecule has 4 N–H and O–H groups in total. The number of nitrogens with zero attached hydrogens (tertiary/aromatic N) is 2. The van der Waals surface area contributed by atoms with Crippen molar-refractivity contribution in [3.63, 3.8) is 0 Å². The number of amides is 2. The Morgan fingerprint density at radius 1 is 1.57 bits per heavy atom. The molecule has 0 saturated heterocycles. The number of carbonyl (C=O) groups excluding carboxylic acids is 2. The smallest absolute Gasteiger partial charge is 0.278 e. The number of halogens is 2. The van der Waals surface area contributed by atoms with E-state index in [1.807, 2.05) is 0 Å². The van der Waals surface area contributed by atoms with E-state index in [1.165, 1.54) is 4.90 Å². The van der Waals surface area contributed by atoms with Gasteiger partial charge in [-0.1, -0.05) is 6.08 Å². The number of aliphatic imine (C=N–C) groups is 1. The van der Waals surface area contributed by atoms with Crippen molar-refractivity contribution < 1.29 is 9.59 Å². The van der Waals surface area contributed by atoms with Gasteiger partial charge in [-0.25, -0.2) is 4.99 Å². The van der Waals surface area contributed by atoms with Gasteiger partial charge in [-0.2, -0.15) is 0 Å². The van der Waals surface area contributed by atoms with Crippen LogP contribution in [0.5, 0.6) is 0 Å². The number of aromatic amines is 1. The van der Waals surface area contributed by atoms with Crippen molar-refractivity contribution in [2.24, 2.45) is 10.7 Å². The summed E-state index contributed by atoms with van der Waals surface area (Å²) in [4.78, 5) is 31.6. The molecule has 1 aromatic heterocycles. The summed E-state index contributed by atoms with van der Waals surface area (Å²) in [7, 11) is 1.56. The summed E-state index contributed by atoms with van der Waals surface area (Å²) < 4.78 is 1.48. The molecule has 1 aromatic rings. The highest BCUT2D eigenvalue weighted by Crippen LogP contribution is 2.22. The normalized spacial score (nSPS) is 16.5. The van der Waals surface area contributed by atoms with Crippen LogP contribution in [-0.2, 0) is 4.79 Å². The molecule has 0 unspecified atom stereocenters. The molecule has 0 spiro atoms. The Morgan fingerprint density at radius 2 is 2.29 bits per heavy atom. The van der Waals surface area contributed by atoms with E-state index >= 15 is 0 Å². The van der Waals surface area contributed by atoms with Crippen LogP contribution in [-0.4, -0.2) is 41.3 Å². The van der Waals surface area contributed by atoms with Gasteiger partial charge in [0, 0.05) is 13.6 Å². The summed E-state index contributed by atoms with van der Waals surface area (Å²) in [5.74, 6) is -0.287. The quantitative estimate of drug-likeness (QED) is 0.507. The molecule has 0 atom stereocenters. The van der Waals surface area contributed by atoms with E-state index in [1.54, 1.807) is 19.2 Å². The van der Waals surface area contributed by atoms with E-state index < -0.39 is 0 Å². The molecule has 21 heavy (non-hydrogen) atoms. The molecule has 0 bridgehead atoms. The third kappa shape index (κ3) is 3.53. The van der Waals surface area contributed by atoms with E-state index in [2.05, 4.69) is 47.2 Å². The molecule has 1 aliphatic rings. The van der Waals surface area contributed by atoms with Gasteiger partial charge < -0.3 is 16.0 Å². The Labute approximate surface area is 137 Å². The van der Waals surface area contributed by atoms with E-state index in [-0.39, 0.29) is 17.8 Å². The predicted molar refractivity (Wildman–Crippen MR) is 85.6 cm³/mol. The molecule has 2 heterocycles. The number of nitrogens with one attached hydrogen (secondary N) is 2. The molecule has 0 saturated carbocycles. The van der Waals surface area contributed by atoms with Gasteiger partial charge in [0.1, 0.15) is 11.4 Å². The molecule has 0 radical (unpaired) electrons. The molecular formula is C12H13Br2N5O2. The summed E-state index contributed by atoms with van der Waals surface area (Å²) >= 11 is 6.56. The third-order valence-electron chi connectivity index (χ3n) is 2.84. The second-order valence-electron chi connectivity index (χ2n) is 4.31. The van der Waals surface area contributed by atoms with Gasteiger partial charge in [-0.3, -0.25) is 14.5 Å². The van der Waals surface area contributed by atoms with Crippen LogP contribution in [0, 0.1) is 0 Å². The number of aromatic nitrogens is 1. The fraction of sp³-hybridized carbons (Fsp3) is 0.250. The van der Waals surface area contributed by atoms with Crippen molar-refractivity contribution in [1.29, 1.82) is 0 Å². The molecule has 2 amide bonds. The second-order valence-corrected chi connectivity index (χ2v) is 5.96. The van der Waals surface area contributed by atoms with Gasteiger partial charge in [0.05, 0.1) is 9.08 Å². The van der Waals surface area contributed by atoms with Crippen molar-refractivity contribution in [2.75, 3.05) is 13.6 Å². The number of nitrogens with two attached hydrogens (primary N) is 1. The van der Waals surface area contributed by atoms with Crippen LogP contribution in [0.1, 0.15) is 16.9 Å². The minimum absolute atomic E-state index is 0.177. The third-order valence-corrected chi connectivity index (χ3v) is 4.62. The lowest BCUT2D eigenvalue weighted by molar-refractivity contribution is -0.121. The van der Waals surface area contributed by atoms with Gasteiger partial charge in [-0.15, -0.1) is 0 Å². The van der Waals surface area contributed by atoms with Crippen molar-refractivity contribution in [1.82, 2.24) is 15.2 Å². The zero-order valence-electron chi connectivity index (χ0n) is 11.1. The van der Waals surface area contributed by atoms with Gasteiger partial charge in [-0.05, 0) is 44.3 Å². The first-order valence-electron chi connectivity index (χ1n) is 6.04. The maximum atomic E-state index is 11.8. The average Bonchev–Trinajstić information content (AvgIpc) is 2.90. The lowest BCUT2D eigenvalue weighted by atomic mass is 10.3. The number of rotatable bonds is 4. The fourth-order valence-corrected chi connectivity index (χ4v) is 2.33. The Morgan fingerprint density at radius 3 is 2.81 bits per heavy atom. The molecule has 9 heteroatoms. The molecule has 2 rings (SSSR count). The Bertz CT molecular complexity index is 631. The van der Waals surface area contributed by atoms with Crippen LogP contribution in [0.15, 0.2) is 31.9 Å². The highest BCUT2D eigenvalue weighted by atomic mass is 79.9. The van der Waals surface area contributed by atoms with E-state index in [9.17, 15) is 9.59 Å². The van der Waals surface area contributed by atoms with Gasteiger partial charge >= 0.3 is 0 Å². The molecule has 0 aliphatic carbocycles. The van der Waals surface area contributed by atoms with Crippen LogP contribution >= 0.6 is 31.9 Å². The Kier molecular flexibility index (Phi) is 4.84. The van der Waals surface area contributed by atoms with Crippen molar-refractivity contribution in [3.8, 4) is 0 Å². The van der Waals surface area contributed by atoms with Crippen LogP contribution < -0.4 is 11.1 Å². The first-order chi connectivity index (χ1) is 9.90. The first kappa shape index (κ1) is 15.8. The first-order valence-corrected chi connectivity index (χ1v) is 7.63. The maximum absolute atomic E-state index is 11.8. The SMILES string of the molecule is CN1C(=O)/C(=C/CCNC(=O)c2cc(Br)c(Br)[nH]2)N=C1N. The fourth-order valence-electron chi connectivity index (χ4n) is 1.67. The molecule has 112 valence electrons. The Balaban J connectivity index is 1.85. The number of hydrogen-bond donors (Lipinski definition) is 3. The predicted octanol–water partition coefficient (Wildman–Crippen LogP) is 1.33. The molecular weight excluding hydrogens is 406 g/mol. The van der Waals surface area contributed by atoms with Crippen molar-refractivity contribution in [3.05, 3.63) is 32.6 Å². The highest BCUT2D eigenvalue weighted by molar-refractivity contribution is 9.13. The topological polar surface area (TPSA) is 104 Å². The van der Waals surface area contributed by atoms with Gasteiger partial charge in [0.25, 0.3) is 11.8 Å². The van der Waals surface area contributed by atoms with Crippen molar-refractivity contribution in [2.45, 2.75) is 6.42 Å². The molecule has 1 aliphatic heterocycles. The summed E-state index contributed by atoms with van der Waals surface area (Å²) in [5, 5.41) is 2.74. The van der Waals surface area contributed by atoms with Gasteiger partial charge in [0.15, 0.2) is 0 Å². The summed E-state index contributed by atoms with van der Waals surface area (Å²) in [6, 6.07) is 1.68. The van der Waals surface area contributed by atoms with Crippen LogP contribution in [0.4, 0.5) is 0 Å². The molecule has 0 aromatic carbocycles. The Hall–Kier alpha value is -1.61.